The van der Waals surface area contributed by atoms with Crippen molar-refractivity contribution >= 4 is 14.3 Å². The lowest BCUT2D eigenvalue weighted by atomic mass is 9.95. The molecule has 0 saturated heterocycles. The van der Waals surface area contributed by atoms with Crippen LogP contribution in [0, 0.1) is 5.41 Å². The van der Waals surface area contributed by atoms with E-state index >= 15 is 0 Å². The minimum absolute atomic E-state index is 0.203. The highest BCUT2D eigenvalue weighted by Crippen LogP contribution is 2.43. The SMILES string of the molecule is CC(C)(C)C(=O)Oc1ccc([C@@H]2CCC[C@H]2O[Si](C)(C)C(C)(C)C)cc1. The Balaban J connectivity index is 2.09. The summed E-state index contributed by atoms with van der Waals surface area (Å²) in [7, 11) is -1.77. The molecule has 2 rings (SSSR count). The number of esters is 1. The summed E-state index contributed by atoms with van der Waals surface area (Å²) in [6, 6.07) is 8.04. The summed E-state index contributed by atoms with van der Waals surface area (Å²) in [5, 5.41) is 0.227. The van der Waals surface area contributed by atoms with Crippen molar-refractivity contribution in [3.63, 3.8) is 0 Å². The maximum Gasteiger partial charge on any atom is 0.316 e. The van der Waals surface area contributed by atoms with Crippen molar-refractivity contribution in [1.29, 1.82) is 0 Å². The second-order valence-corrected chi connectivity index (χ2v) is 14.9. The fraction of sp³-hybridized carbons (Fsp3) is 0.682. The van der Waals surface area contributed by atoms with Crippen molar-refractivity contribution in [2.24, 2.45) is 5.41 Å². The Labute approximate surface area is 160 Å². The molecule has 2 atom stereocenters. The topological polar surface area (TPSA) is 35.5 Å². The Kier molecular flexibility index (Phi) is 6.08. The van der Waals surface area contributed by atoms with Gasteiger partial charge in [-0.25, -0.2) is 0 Å². The monoisotopic (exact) mass is 376 g/mol. The van der Waals surface area contributed by atoms with Crippen LogP contribution in [0.4, 0.5) is 0 Å². The molecule has 146 valence electrons. The number of carbonyl (C=O) groups is 1. The number of carbonyl (C=O) groups excluding carboxylic acids is 1. The van der Waals surface area contributed by atoms with Crippen LogP contribution in [0.25, 0.3) is 0 Å². The molecule has 4 heteroatoms. The summed E-state index contributed by atoms with van der Waals surface area (Å²) in [4.78, 5) is 12.0. The standard InChI is InChI=1S/C22H36O3Si/c1-21(2,3)20(23)24-17-14-12-16(13-15-17)18-10-9-11-19(18)25-26(7,8)22(4,5)6/h12-15,18-19H,9-11H2,1-8H3/t18-,19+/m0/s1. The van der Waals surface area contributed by atoms with Crippen molar-refractivity contribution in [1.82, 2.24) is 0 Å². The van der Waals surface area contributed by atoms with E-state index in [1.54, 1.807) is 0 Å². The molecule has 1 saturated carbocycles. The first-order valence-electron chi connectivity index (χ1n) is 9.81. The van der Waals surface area contributed by atoms with Gasteiger partial charge in [-0.3, -0.25) is 4.79 Å². The molecule has 1 aromatic rings. The molecule has 0 amide bonds. The summed E-state index contributed by atoms with van der Waals surface area (Å²) in [5.41, 5.74) is 0.799. The van der Waals surface area contributed by atoms with Gasteiger partial charge in [0.25, 0.3) is 0 Å². The third-order valence-corrected chi connectivity index (χ3v) is 10.3. The Morgan fingerprint density at radius 1 is 1.00 bits per heavy atom. The van der Waals surface area contributed by atoms with E-state index in [0.717, 1.165) is 6.42 Å². The zero-order valence-electron chi connectivity index (χ0n) is 17.8. The molecule has 0 unspecified atom stereocenters. The minimum atomic E-state index is -1.77. The van der Waals surface area contributed by atoms with Crippen molar-refractivity contribution in [3.05, 3.63) is 29.8 Å². The smallest absolute Gasteiger partial charge is 0.316 e. The summed E-state index contributed by atoms with van der Waals surface area (Å²) < 4.78 is 12.2. The number of benzene rings is 1. The average Bonchev–Trinajstić information content (AvgIpc) is 2.93. The second-order valence-electron chi connectivity index (χ2n) is 10.2. The average molecular weight is 377 g/mol. The molecule has 0 spiro atoms. The van der Waals surface area contributed by atoms with Crippen LogP contribution in [0.2, 0.25) is 18.1 Å². The molecule has 3 nitrogen and oxygen atoms in total. The van der Waals surface area contributed by atoms with E-state index in [9.17, 15) is 4.79 Å². The van der Waals surface area contributed by atoms with Crippen LogP contribution in [-0.2, 0) is 9.22 Å². The number of rotatable bonds is 4. The van der Waals surface area contributed by atoms with Gasteiger partial charge in [0.15, 0.2) is 8.32 Å². The van der Waals surface area contributed by atoms with E-state index in [1.807, 2.05) is 32.9 Å². The molecule has 1 aromatic carbocycles. The Morgan fingerprint density at radius 2 is 1.58 bits per heavy atom. The molecule has 26 heavy (non-hydrogen) atoms. The lowest BCUT2D eigenvalue weighted by Gasteiger charge is -2.40. The molecule has 0 bridgehead atoms. The molecule has 0 N–H and O–H groups in total. The Hall–Kier alpha value is -1.13. The highest BCUT2D eigenvalue weighted by molar-refractivity contribution is 6.74. The van der Waals surface area contributed by atoms with Crippen molar-refractivity contribution in [3.8, 4) is 5.75 Å². The summed E-state index contributed by atoms with van der Waals surface area (Å²) >= 11 is 0. The lowest BCUT2D eigenvalue weighted by Crippen LogP contribution is -2.44. The molecule has 1 aliphatic carbocycles. The molecule has 1 aliphatic rings. The van der Waals surface area contributed by atoms with Gasteiger partial charge in [0.2, 0.25) is 0 Å². The molecule has 0 radical (unpaired) electrons. The maximum absolute atomic E-state index is 12.0. The lowest BCUT2D eigenvalue weighted by molar-refractivity contribution is -0.143. The van der Waals surface area contributed by atoms with Crippen molar-refractivity contribution < 1.29 is 14.0 Å². The third-order valence-electron chi connectivity index (χ3n) is 5.84. The van der Waals surface area contributed by atoms with Crippen molar-refractivity contribution in [2.45, 2.75) is 91.0 Å². The molecule has 0 heterocycles. The first-order valence-corrected chi connectivity index (χ1v) is 12.7. The molecule has 0 aromatic heterocycles. The van der Waals surface area contributed by atoms with Crippen LogP contribution in [-0.4, -0.2) is 20.4 Å². The normalized spacial score (nSPS) is 21.7. The van der Waals surface area contributed by atoms with E-state index in [4.69, 9.17) is 9.16 Å². The molecular formula is C22H36O3Si. The predicted octanol–water partition coefficient (Wildman–Crippen LogP) is 6.30. The van der Waals surface area contributed by atoms with Crippen LogP contribution in [0.3, 0.4) is 0 Å². The fourth-order valence-electron chi connectivity index (χ4n) is 3.05. The van der Waals surface area contributed by atoms with Crippen molar-refractivity contribution in [2.75, 3.05) is 0 Å². The largest absolute Gasteiger partial charge is 0.426 e. The first-order chi connectivity index (χ1) is 11.8. The van der Waals surface area contributed by atoms with E-state index < -0.39 is 13.7 Å². The Bertz CT molecular complexity index is 620. The van der Waals surface area contributed by atoms with E-state index in [1.165, 1.54) is 18.4 Å². The summed E-state index contributed by atoms with van der Waals surface area (Å²) in [6.45, 7) is 17.1. The van der Waals surface area contributed by atoms with Crippen LogP contribution < -0.4 is 4.74 Å². The number of ether oxygens (including phenoxy) is 1. The second kappa shape index (κ2) is 7.47. The van der Waals surface area contributed by atoms with Gasteiger partial charge in [0, 0.05) is 5.92 Å². The maximum atomic E-state index is 12.0. The van der Waals surface area contributed by atoms with Crippen LogP contribution >= 0.6 is 0 Å². The molecule has 0 aliphatic heterocycles. The highest BCUT2D eigenvalue weighted by atomic mass is 28.4. The highest BCUT2D eigenvalue weighted by Gasteiger charge is 2.42. The van der Waals surface area contributed by atoms with Gasteiger partial charge < -0.3 is 9.16 Å². The van der Waals surface area contributed by atoms with E-state index in [0.29, 0.717) is 17.8 Å². The molecule has 1 fully saturated rings. The number of hydrogen-bond donors (Lipinski definition) is 0. The van der Waals surface area contributed by atoms with E-state index in [-0.39, 0.29) is 11.0 Å². The van der Waals surface area contributed by atoms with Gasteiger partial charge in [-0.05, 0) is 69.4 Å². The van der Waals surface area contributed by atoms with Crippen LogP contribution in [0.5, 0.6) is 5.75 Å². The van der Waals surface area contributed by atoms with Gasteiger partial charge in [-0.1, -0.05) is 39.3 Å². The summed E-state index contributed by atoms with van der Waals surface area (Å²) in [5.74, 6) is 0.857. The third kappa shape index (κ3) is 4.98. The zero-order valence-corrected chi connectivity index (χ0v) is 18.8. The fourth-order valence-corrected chi connectivity index (χ4v) is 4.44. The zero-order chi connectivity index (χ0) is 19.8. The van der Waals surface area contributed by atoms with Crippen LogP contribution in [0.1, 0.15) is 72.3 Å². The van der Waals surface area contributed by atoms with Gasteiger partial charge in [-0.2, -0.15) is 0 Å². The first kappa shape index (κ1) is 21.2. The Morgan fingerprint density at radius 3 is 2.08 bits per heavy atom. The van der Waals surface area contributed by atoms with Gasteiger partial charge in [0.05, 0.1) is 11.5 Å². The van der Waals surface area contributed by atoms with Gasteiger partial charge in [-0.15, -0.1) is 0 Å². The van der Waals surface area contributed by atoms with E-state index in [2.05, 4.69) is 46.0 Å². The predicted molar refractivity (Wildman–Crippen MR) is 110 cm³/mol. The molecular weight excluding hydrogens is 340 g/mol. The quantitative estimate of drug-likeness (QED) is 0.351. The van der Waals surface area contributed by atoms with Gasteiger partial charge >= 0.3 is 5.97 Å². The van der Waals surface area contributed by atoms with Crippen LogP contribution in [0.15, 0.2) is 24.3 Å². The number of hydrogen-bond acceptors (Lipinski definition) is 3. The minimum Gasteiger partial charge on any atom is -0.426 e. The summed E-state index contributed by atoms with van der Waals surface area (Å²) in [6.07, 6.45) is 3.82. The van der Waals surface area contributed by atoms with Gasteiger partial charge in [0.1, 0.15) is 5.75 Å².